The molecule has 1 aromatic carbocycles. The molecule has 1 aliphatic rings. The van der Waals surface area contributed by atoms with Gasteiger partial charge in [-0.25, -0.2) is 4.98 Å². The van der Waals surface area contributed by atoms with E-state index in [2.05, 4.69) is 23.4 Å². The maximum atomic E-state index is 6.14. The molecule has 0 amide bonds. The van der Waals surface area contributed by atoms with Crippen LogP contribution in [0.15, 0.2) is 18.2 Å². The maximum Gasteiger partial charge on any atom is 0.125 e. The molecule has 0 N–H and O–H groups in total. The monoisotopic (exact) mass is 296 g/mol. The number of halogens is 2. The van der Waals surface area contributed by atoms with Crippen molar-refractivity contribution < 1.29 is 0 Å². The van der Waals surface area contributed by atoms with Gasteiger partial charge in [-0.3, -0.25) is 0 Å². The summed E-state index contributed by atoms with van der Waals surface area (Å²) in [6.45, 7) is 4.66. The number of rotatable bonds is 2. The van der Waals surface area contributed by atoms with Gasteiger partial charge in [-0.05, 0) is 42.9 Å². The number of imidazole rings is 1. The van der Waals surface area contributed by atoms with Gasteiger partial charge in [0.1, 0.15) is 5.82 Å². The molecule has 1 saturated carbocycles. The highest BCUT2D eigenvalue weighted by Crippen LogP contribution is 2.42. The minimum absolute atomic E-state index is 0.448. The lowest BCUT2D eigenvalue weighted by atomic mass is 9.97. The Morgan fingerprint density at radius 3 is 2.74 bits per heavy atom. The van der Waals surface area contributed by atoms with Crippen molar-refractivity contribution in [1.29, 1.82) is 0 Å². The van der Waals surface area contributed by atoms with E-state index in [1.54, 1.807) is 0 Å². The standard InChI is InChI=1S/C15H18Cl2N2/c1-9-3-6-13(10(9)2)19-14-7-11(17)4-5-12(14)18-15(19)8-16/h4-5,7,9-10,13H,3,6,8H2,1-2H3. The van der Waals surface area contributed by atoms with E-state index in [4.69, 9.17) is 23.2 Å². The third-order valence-corrected chi connectivity index (χ3v) is 5.07. The second kappa shape index (κ2) is 4.99. The van der Waals surface area contributed by atoms with Crippen molar-refractivity contribution in [2.45, 2.75) is 38.6 Å². The summed E-state index contributed by atoms with van der Waals surface area (Å²) < 4.78 is 2.32. The molecule has 1 aromatic heterocycles. The van der Waals surface area contributed by atoms with Gasteiger partial charge in [-0.2, -0.15) is 0 Å². The molecule has 1 fully saturated rings. The summed E-state index contributed by atoms with van der Waals surface area (Å²) in [7, 11) is 0. The van der Waals surface area contributed by atoms with Gasteiger partial charge in [-0.15, -0.1) is 11.6 Å². The van der Waals surface area contributed by atoms with Crippen molar-refractivity contribution in [2.24, 2.45) is 11.8 Å². The van der Waals surface area contributed by atoms with Gasteiger partial charge in [-0.1, -0.05) is 25.4 Å². The van der Waals surface area contributed by atoms with Crippen molar-refractivity contribution >= 4 is 34.2 Å². The van der Waals surface area contributed by atoms with E-state index in [9.17, 15) is 0 Å². The topological polar surface area (TPSA) is 17.8 Å². The molecule has 3 unspecified atom stereocenters. The number of hydrogen-bond donors (Lipinski definition) is 0. The first-order valence-corrected chi connectivity index (χ1v) is 7.75. The van der Waals surface area contributed by atoms with Gasteiger partial charge < -0.3 is 4.57 Å². The first-order valence-electron chi connectivity index (χ1n) is 6.84. The molecule has 1 aliphatic carbocycles. The smallest absolute Gasteiger partial charge is 0.125 e. The molecule has 102 valence electrons. The van der Waals surface area contributed by atoms with Crippen LogP contribution in [0.4, 0.5) is 0 Å². The van der Waals surface area contributed by atoms with Crippen molar-refractivity contribution in [1.82, 2.24) is 9.55 Å². The number of hydrogen-bond acceptors (Lipinski definition) is 1. The fourth-order valence-corrected chi connectivity index (χ4v) is 3.64. The van der Waals surface area contributed by atoms with Gasteiger partial charge in [0.05, 0.1) is 16.9 Å². The Bertz CT molecular complexity index is 605. The highest BCUT2D eigenvalue weighted by molar-refractivity contribution is 6.31. The number of nitrogens with zero attached hydrogens (tertiary/aromatic N) is 2. The van der Waals surface area contributed by atoms with Crippen LogP contribution < -0.4 is 0 Å². The maximum absolute atomic E-state index is 6.14. The third kappa shape index (κ3) is 2.15. The van der Waals surface area contributed by atoms with E-state index < -0.39 is 0 Å². The Kier molecular flexibility index (Phi) is 3.48. The normalized spacial score (nSPS) is 27.3. The van der Waals surface area contributed by atoms with Gasteiger partial charge >= 0.3 is 0 Å². The summed E-state index contributed by atoms with van der Waals surface area (Å²) in [5, 5.41) is 0.758. The Morgan fingerprint density at radius 1 is 1.32 bits per heavy atom. The SMILES string of the molecule is CC1CCC(n2c(CCl)nc3ccc(Cl)cc32)C1C. The zero-order chi connectivity index (χ0) is 13.6. The molecule has 0 bridgehead atoms. The van der Waals surface area contributed by atoms with Gasteiger partial charge in [0.2, 0.25) is 0 Å². The first-order chi connectivity index (χ1) is 9.11. The van der Waals surface area contributed by atoms with E-state index >= 15 is 0 Å². The summed E-state index contributed by atoms with van der Waals surface area (Å²) >= 11 is 12.2. The van der Waals surface area contributed by atoms with Crippen LogP contribution in [0.25, 0.3) is 11.0 Å². The lowest BCUT2D eigenvalue weighted by molar-refractivity contribution is 0.354. The van der Waals surface area contributed by atoms with E-state index in [0.717, 1.165) is 27.8 Å². The van der Waals surface area contributed by atoms with Crippen LogP contribution in [0, 0.1) is 11.8 Å². The van der Waals surface area contributed by atoms with Gasteiger partial charge in [0.25, 0.3) is 0 Å². The molecule has 0 saturated heterocycles. The van der Waals surface area contributed by atoms with Gasteiger partial charge in [0, 0.05) is 11.1 Å². The van der Waals surface area contributed by atoms with Crippen molar-refractivity contribution in [3.63, 3.8) is 0 Å². The predicted octanol–water partition coefficient (Wildman–Crippen LogP) is 5.04. The van der Waals surface area contributed by atoms with Crippen LogP contribution in [-0.4, -0.2) is 9.55 Å². The minimum atomic E-state index is 0.448. The summed E-state index contributed by atoms with van der Waals surface area (Å²) in [4.78, 5) is 4.65. The number of alkyl halides is 1. The van der Waals surface area contributed by atoms with Crippen molar-refractivity contribution in [3.8, 4) is 0 Å². The summed E-state index contributed by atoms with van der Waals surface area (Å²) in [5.41, 5.74) is 2.11. The average molecular weight is 297 g/mol. The zero-order valence-corrected chi connectivity index (χ0v) is 12.7. The molecule has 19 heavy (non-hydrogen) atoms. The van der Waals surface area contributed by atoms with Crippen LogP contribution in [0.5, 0.6) is 0 Å². The lowest BCUT2D eigenvalue weighted by Gasteiger charge is -2.22. The lowest BCUT2D eigenvalue weighted by Crippen LogP contribution is -2.16. The number of benzene rings is 1. The summed E-state index contributed by atoms with van der Waals surface area (Å²) in [6, 6.07) is 6.37. The first kappa shape index (κ1) is 13.3. The van der Waals surface area contributed by atoms with E-state index in [1.165, 1.54) is 12.8 Å². The highest BCUT2D eigenvalue weighted by Gasteiger charge is 2.33. The molecule has 3 atom stereocenters. The Balaban J connectivity index is 2.18. The molecule has 3 rings (SSSR count). The Hall–Kier alpha value is -0.730. The van der Waals surface area contributed by atoms with Crippen LogP contribution in [0.1, 0.15) is 38.6 Å². The molecular weight excluding hydrogens is 279 g/mol. The third-order valence-electron chi connectivity index (χ3n) is 4.60. The summed E-state index contributed by atoms with van der Waals surface area (Å²) in [6.07, 6.45) is 2.47. The number of fused-ring (bicyclic) bond motifs is 1. The van der Waals surface area contributed by atoms with Crippen molar-refractivity contribution in [3.05, 3.63) is 29.0 Å². The summed E-state index contributed by atoms with van der Waals surface area (Å²) in [5.74, 6) is 2.82. The molecule has 0 aliphatic heterocycles. The minimum Gasteiger partial charge on any atom is -0.324 e. The van der Waals surface area contributed by atoms with Crippen LogP contribution in [0.2, 0.25) is 5.02 Å². The molecule has 4 heteroatoms. The Labute approximate surface area is 123 Å². The van der Waals surface area contributed by atoms with Crippen molar-refractivity contribution in [2.75, 3.05) is 0 Å². The highest BCUT2D eigenvalue weighted by atomic mass is 35.5. The van der Waals surface area contributed by atoms with Crippen LogP contribution in [-0.2, 0) is 5.88 Å². The second-order valence-corrected chi connectivity index (χ2v) is 6.35. The molecule has 2 aromatic rings. The fraction of sp³-hybridized carbons (Fsp3) is 0.533. The molecule has 1 heterocycles. The van der Waals surface area contributed by atoms with E-state index in [0.29, 0.717) is 17.8 Å². The van der Waals surface area contributed by atoms with E-state index in [1.807, 2.05) is 18.2 Å². The molecule has 0 radical (unpaired) electrons. The quantitative estimate of drug-likeness (QED) is 0.710. The Morgan fingerprint density at radius 2 is 2.11 bits per heavy atom. The molecule has 0 spiro atoms. The van der Waals surface area contributed by atoms with Gasteiger partial charge in [0.15, 0.2) is 0 Å². The predicted molar refractivity (Wildman–Crippen MR) is 80.9 cm³/mol. The molecule has 2 nitrogen and oxygen atoms in total. The fourth-order valence-electron chi connectivity index (χ4n) is 3.28. The largest absolute Gasteiger partial charge is 0.324 e. The zero-order valence-electron chi connectivity index (χ0n) is 11.2. The molecular formula is C15H18Cl2N2. The van der Waals surface area contributed by atoms with Crippen LogP contribution in [0.3, 0.4) is 0 Å². The van der Waals surface area contributed by atoms with E-state index in [-0.39, 0.29) is 0 Å². The number of aromatic nitrogens is 2. The second-order valence-electron chi connectivity index (χ2n) is 5.65. The van der Waals surface area contributed by atoms with Crippen LogP contribution >= 0.6 is 23.2 Å². The average Bonchev–Trinajstić information content (AvgIpc) is 2.91.